The van der Waals surface area contributed by atoms with Crippen molar-refractivity contribution >= 4 is 23.2 Å². The number of carbonyl (C=O) groups excluding carboxylic acids is 3. The number of phenols is 1. The Morgan fingerprint density at radius 1 is 1.12 bits per heavy atom. The number of ether oxygens (including phenoxy) is 1. The Kier molecular flexibility index (Phi) is 4.77. The van der Waals surface area contributed by atoms with E-state index >= 15 is 0 Å². The van der Waals surface area contributed by atoms with Crippen molar-refractivity contribution in [2.45, 2.75) is 24.9 Å². The van der Waals surface area contributed by atoms with Crippen molar-refractivity contribution < 1.29 is 39.5 Å². The number of nitrogens with two attached hydrogens (primary N) is 1. The number of rotatable bonds is 2. The summed E-state index contributed by atoms with van der Waals surface area (Å²) in [6.07, 6.45) is 0.155. The van der Waals surface area contributed by atoms with Crippen LogP contribution in [-0.4, -0.2) is 69.8 Å². The fourth-order valence-electron chi connectivity index (χ4n) is 5.70. The fourth-order valence-corrected chi connectivity index (χ4v) is 5.70. The van der Waals surface area contributed by atoms with Crippen LogP contribution in [0.15, 0.2) is 34.8 Å². The van der Waals surface area contributed by atoms with Crippen LogP contribution in [0.3, 0.4) is 0 Å². The molecule has 3 aliphatic carbocycles. The molecule has 1 aliphatic heterocycles. The van der Waals surface area contributed by atoms with Crippen LogP contribution in [0.25, 0.3) is 0 Å². The number of allylic oxidation sites excluding steroid dienone is 2. The number of Topliss-reactive ketones (excluding diaryl/α,β-unsaturated/α-hetero) is 2. The molecule has 3 atom stereocenters. The number of aliphatic hydroxyl groups excluding tert-OH is 2. The van der Waals surface area contributed by atoms with Gasteiger partial charge in [-0.3, -0.25) is 14.4 Å². The summed E-state index contributed by atoms with van der Waals surface area (Å²) in [6.45, 7) is 2.30. The maximum Gasteiger partial charge on any atom is 0.255 e. The lowest BCUT2D eigenvalue weighted by Crippen LogP contribution is -2.57. The van der Waals surface area contributed by atoms with E-state index < -0.39 is 52.0 Å². The molecular formula is C23H24N2O8. The molecule has 1 aromatic carbocycles. The zero-order chi connectivity index (χ0) is 23.7. The van der Waals surface area contributed by atoms with E-state index in [4.69, 9.17) is 10.5 Å². The number of benzene rings is 1. The molecule has 174 valence electrons. The largest absolute Gasteiger partial charge is 0.511 e. The minimum Gasteiger partial charge on any atom is -0.511 e. The quantitative estimate of drug-likeness (QED) is 0.396. The molecule has 33 heavy (non-hydrogen) atoms. The second-order valence-electron chi connectivity index (χ2n) is 8.97. The Balaban J connectivity index is 1.64. The minimum absolute atomic E-state index is 0.0237. The molecule has 0 saturated carbocycles. The number of morpholine rings is 1. The molecule has 1 amide bonds. The summed E-state index contributed by atoms with van der Waals surface area (Å²) in [5, 5.41) is 43.1. The van der Waals surface area contributed by atoms with Crippen LogP contribution in [0.2, 0.25) is 0 Å². The van der Waals surface area contributed by atoms with Gasteiger partial charge in [-0.1, -0.05) is 0 Å². The van der Waals surface area contributed by atoms with Crippen molar-refractivity contribution in [2.24, 2.45) is 17.6 Å². The van der Waals surface area contributed by atoms with Gasteiger partial charge in [0, 0.05) is 36.7 Å². The number of ketones is 2. The van der Waals surface area contributed by atoms with Crippen LogP contribution in [0.5, 0.6) is 5.75 Å². The Bertz CT molecular complexity index is 1160. The average Bonchev–Trinajstić information content (AvgIpc) is 2.76. The number of primary amides is 1. The van der Waals surface area contributed by atoms with E-state index in [1.165, 1.54) is 6.07 Å². The van der Waals surface area contributed by atoms with Crippen molar-refractivity contribution in [3.63, 3.8) is 0 Å². The van der Waals surface area contributed by atoms with Crippen LogP contribution in [0.4, 0.5) is 5.69 Å². The highest BCUT2D eigenvalue weighted by molar-refractivity contribution is 6.24. The molecule has 0 radical (unpaired) electrons. The zero-order valence-electron chi connectivity index (χ0n) is 17.7. The van der Waals surface area contributed by atoms with Crippen LogP contribution >= 0.6 is 0 Å². The third-order valence-corrected chi connectivity index (χ3v) is 7.27. The summed E-state index contributed by atoms with van der Waals surface area (Å²) in [6, 6.07) is 3.16. The highest BCUT2D eigenvalue weighted by Gasteiger charge is 2.59. The lowest BCUT2D eigenvalue weighted by atomic mass is 9.60. The second-order valence-corrected chi connectivity index (χ2v) is 8.97. The van der Waals surface area contributed by atoms with Crippen molar-refractivity contribution in [3.8, 4) is 5.75 Å². The van der Waals surface area contributed by atoms with Gasteiger partial charge in [0.15, 0.2) is 11.4 Å². The zero-order valence-corrected chi connectivity index (χ0v) is 17.7. The summed E-state index contributed by atoms with van der Waals surface area (Å²) >= 11 is 0. The van der Waals surface area contributed by atoms with Crippen molar-refractivity contribution in [1.82, 2.24) is 0 Å². The molecule has 10 nitrogen and oxygen atoms in total. The predicted molar refractivity (Wildman–Crippen MR) is 114 cm³/mol. The molecule has 0 aromatic heterocycles. The number of aliphatic hydroxyl groups is 3. The SMILES string of the molecule is NC(=O)C1=C(O)C[C@@H]2C[C@@H]3Cc4c(N5CCOCC5)ccc(O)c4C(=O)C3=C(O)[C@]2(O)C1=O. The molecule has 4 aliphatic rings. The molecule has 1 aromatic rings. The maximum atomic E-state index is 13.5. The van der Waals surface area contributed by atoms with Gasteiger partial charge in [-0.15, -0.1) is 0 Å². The maximum absolute atomic E-state index is 13.5. The highest BCUT2D eigenvalue weighted by Crippen LogP contribution is 2.52. The molecule has 1 heterocycles. The van der Waals surface area contributed by atoms with Crippen molar-refractivity contribution in [3.05, 3.63) is 45.9 Å². The van der Waals surface area contributed by atoms with E-state index in [2.05, 4.69) is 4.90 Å². The Hall–Kier alpha value is -3.37. The first-order chi connectivity index (χ1) is 15.7. The lowest BCUT2D eigenvalue weighted by Gasteiger charge is -2.46. The van der Waals surface area contributed by atoms with Crippen molar-refractivity contribution in [1.29, 1.82) is 0 Å². The van der Waals surface area contributed by atoms with E-state index in [1.807, 2.05) is 0 Å². The first-order valence-corrected chi connectivity index (χ1v) is 10.8. The van der Waals surface area contributed by atoms with E-state index in [1.54, 1.807) is 6.07 Å². The Morgan fingerprint density at radius 2 is 1.82 bits per heavy atom. The normalized spacial score (nSPS) is 29.5. The number of amides is 1. The number of phenolic OH excluding ortho intramolecular Hbond substituents is 1. The van der Waals surface area contributed by atoms with Gasteiger partial charge in [-0.25, -0.2) is 0 Å². The monoisotopic (exact) mass is 456 g/mol. The van der Waals surface area contributed by atoms with Gasteiger partial charge in [0.25, 0.3) is 5.91 Å². The molecule has 0 spiro atoms. The summed E-state index contributed by atoms with van der Waals surface area (Å²) in [7, 11) is 0. The van der Waals surface area contributed by atoms with Crippen LogP contribution in [-0.2, 0) is 20.7 Å². The van der Waals surface area contributed by atoms with Gasteiger partial charge in [-0.2, -0.15) is 0 Å². The molecule has 10 heteroatoms. The molecule has 0 unspecified atom stereocenters. The number of hydrogen-bond donors (Lipinski definition) is 5. The topological polar surface area (TPSA) is 171 Å². The van der Waals surface area contributed by atoms with Gasteiger partial charge < -0.3 is 35.8 Å². The number of aromatic hydroxyl groups is 1. The van der Waals surface area contributed by atoms with E-state index in [-0.39, 0.29) is 36.1 Å². The summed E-state index contributed by atoms with van der Waals surface area (Å²) in [5.41, 5.74) is 3.17. The molecule has 5 rings (SSSR count). The Labute approximate surface area is 188 Å². The molecule has 0 bridgehead atoms. The fraction of sp³-hybridized carbons (Fsp3) is 0.435. The number of fused-ring (bicyclic) bond motifs is 3. The van der Waals surface area contributed by atoms with Gasteiger partial charge in [0.05, 0.1) is 18.8 Å². The van der Waals surface area contributed by atoms with Crippen LogP contribution < -0.4 is 10.6 Å². The number of hydrogen-bond acceptors (Lipinski definition) is 9. The van der Waals surface area contributed by atoms with Crippen LogP contribution in [0.1, 0.15) is 28.8 Å². The summed E-state index contributed by atoms with van der Waals surface area (Å²) < 4.78 is 5.41. The molecule has 1 fully saturated rings. The van der Waals surface area contributed by atoms with E-state index in [9.17, 15) is 34.8 Å². The first kappa shape index (κ1) is 21.5. The number of anilines is 1. The highest BCUT2D eigenvalue weighted by atomic mass is 16.5. The summed E-state index contributed by atoms with van der Waals surface area (Å²) in [4.78, 5) is 40.3. The van der Waals surface area contributed by atoms with Gasteiger partial charge in [0.2, 0.25) is 5.78 Å². The second kappa shape index (κ2) is 7.32. The van der Waals surface area contributed by atoms with E-state index in [0.29, 0.717) is 31.9 Å². The third kappa shape index (κ3) is 2.90. The lowest BCUT2D eigenvalue weighted by molar-refractivity contribution is -0.144. The van der Waals surface area contributed by atoms with Gasteiger partial charge in [0.1, 0.15) is 22.8 Å². The third-order valence-electron chi connectivity index (χ3n) is 7.27. The Morgan fingerprint density at radius 3 is 2.48 bits per heavy atom. The standard InChI is InChI=1S/C23H24N2O8/c24-22(31)18-15(27)9-11-7-10-8-12-13(25-3-5-33-6-4-25)1-2-14(26)17(12)19(28)16(10)20(29)23(11,32)21(18)30/h1-2,10-11,26-27,29,32H,3-9H2,(H2,24,31)/t10-,11+,23+/m1/s1. The van der Waals surface area contributed by atoms with Crippen molar-refractivity contribution in [2.75, 3.05) is 31.2 Å². The van der Waals surface area contributed by atoms with Gasteiger partial charge >= 0.3 is 0 Å². The van der Waals surface area contributed by atoms with Gasteiger partial charge in [-0.05, 0) is 36.5 Å². The number of nitrogens with zero attached hydrogens (tertiary/aromatic N) is 1. The molecule has 6 N–H and O–H groups in total. The molecular weight excluding hydrogens is 432 g/mol. The smallest absolute Gasteiger partial charge is 0.255 e. The summed E-state index contributed by atoms with van der Waals surface area (Å²) in [5.74, 6) is -6.25. The minimum atomic E-state index is -2.55. The molecule has 1 saturated heterocycles. The predicted octanol–water partition coefficient (Wildman–Crippen LogP) is 0.417. The number of carbonyl (C=O) groups is 3. The van der Waals surface area contributed by atoms with Crippen LogP contribution in [0, 0.1) is 11.8 Å². The van der Waals surface area contributed by atoms with E-state index in [0.717, 1.165) is 5.69 Å². The first-order valence-electron chi connectivity index (χ1n) is 10.8. The average molecular weight is 456 g/mol.